The van der Waals surface area contributed by atoms with Crippen LogP contribution in [0.3, 0.4) is 0 Å². The number of aromatic nitrogens is 1. The molecule has 0 aliphatic carbocycles. The third-order valence-corrected chi connectivity index (χ3v) is 3.24. The standard InChI is InChI=1S/C12H9BrClFN2O/c13-8-3-11(16)12(4-10(8)15)18-6-7-1-2-17-5-9(7)14/h1-5H,6,16H2. The van der Waals surface area contributed by atoms with Gasteiger partial charge in [0.25, 0.3) is 0 Å². The van der Waals surface area contributed by atoms with Crippen molar-refractivity contribution in [3.8, 4) is 5.75 Å². The summed E-state index contributed by atoms with van der Waals surface area (Å²) in [5.41, 5.74) is 6.84. The fraction of sp³-hybridized carbons (Fsp3) is 0.0833. The molecule has 0 spiro atoms. The number of nitrogens with two attached hydrogens (primary N) is 1. The average molecular weight is 332 g/mol. The molecule has 2 aromatic rings. The number of hydrogen-bond donors (Lipinski definition) is 1. The van der Waals surface area contributed by atoms with E-state index in [-0.39, 0.29) is 12.4 Å². The molecule has 0 amide bonds. The number of anilines is 1. The normalized spacial score (nSPS) is 10.4. The lowest BCUT2D eigenvalue weighted by atomic mass is 10.2. The Balaban J connectivity index is 2.16. The monoisotopic (exact) mass is 330 g/mol. The van der Waals surface area contributed by atoms with Gasteiger partial charge in [-0.1, -0.05) is 11.6 Å². The molecule has 1 aromatic carbocycles. The van der Waals surface area contributed by atoms with Crippen molar-refractivity contribution < 1.29 is 9.13 Å². The predicted molar refractivity (Wildman–Crippen MR) is 72.1 cm³/mol. The van der Waals surface area contributed by atoms with Gasteiger partial charge in [0.05, 0.1) is 15.2 Å². The van der Waals surface area contributed by atoms with E-state index >= 15 is 0 Å². The van der Waals surface area contributed by atoms with Crippen molar-refractivity contribution in [3.05, 3.63) is 51.5 Å². The molecule has 0 unspecified atom stereocenters. The van der Waals surface area contributed by atoms with Crippen LogP contribution in [0.25, 0.3) is 0 Å². The van der Waals surface area contributed by atoms with Crippen molar-refractivity contribution >= 4 is 33.2 Å². The molecule has 2 rings (SSSR count). The Hall–Kier alpha value is -1.33. The Labute approximate surface area is 117 Å². The van der Waals surface area contributed by atoms with Gasteiger partial charge >= 0.3 is 0 Å². The van der Waals surface area contributed by atoms with Crippen LogP contribution in [0.1, 0.15) is 5.56 Å². The smallest absolute Gasteiger partial charge is 0.145 e. The number of nitrogen functional groups attached to an aromatic ring is 1. The first-order chi connectivity index (χ1) is 8.58. The molecule has 1 heterocycles. The second-order valence-electron chi connectivity index (χ2n) is 3.56. The fourth-order valence-electron chi connectivity index (χ4n) is 1.35. The van der Waals surface area contributed by atoms with Crippen LogP contribution in [0.4, 0.5) is 10.1 Å². The quantitative estimate of drug-likeness (QED) is 0.870. The molecule has 6 heteroatoms. The van der Waals surface area contributed by atoms with E-state index in [0.29, 0.717) is 15.2 Å². The Morgan fingerprint density at radius 1 is 1.44 bits per heavy atom. The van der Waals surface area contributed by atoms with E-state index < -0.39 is 5.82 Å². The first kappa shape index (κ1) is 13.1. The molecular weight excluding hydrogens is 322 g/mol. The maximum absolute atomic E-state index is 13.3. The van der Waals surface area contributed by atoms with E-state index in [2.05, 4.69) is 20.9 Å². The fourth-order valence-corrected chi connectivity index (χ4v) is 1.88. The van der Waals surface area contributed by atoms with Crippen LogP contribution in [0.5, 0.6) is 5.75 Å². The van der Waals surface area contributed by atoms with Crippen molar-refractivity contribution in [1.29, 1.82) is 0 Å². The zero-order chi connectivity index (χ0) is 13.1. The summed E-state index contributed by atoms with van der Waals surface area (Å²) in [4.78, 5) is 3.86. The van der Waals surface area contributed by atoms with Gasteiger partial charge in [-0.25, -0.2) is 4.39 Å². The molecule has 0 fully saturated rings. The minimum Gasteiger partial charge on any atom is -0.487 e. The maximum atomic E-state index is 13.3. The number of hydrogen-bond acceptors (Lipinski definition) is 3. The Morgan fingerprint density at radius 2 is 2.22 bits per heavy atom. The van der Waals surface area contributed by atoms with Crippen LogP contribution < -0.4 is 10.5 Å². The van der Waals surface area contributed by atoms with E-state index in [1.807, 2.05) is 0 Å². The van der Waals surface area contributed by atoms with Gasteiger partial charge in [-0.2, -0.15) is 0 Å². The van der Waals surface area contributed by atoms with Crippen molar-refractivity contribution in [2.75, 3.05) is 5.73 Å². The average Bonchev–Trinajstić information content (AvgIpc) is 2.34. The van der Waals surface area contributed by atoms with Crippen molar-refractivity contribution in [2.24, 2.45) is 0 Å². The Morgan fingerprint density at radius 3 is 2.94 bits per heavy atom. The van der Waals surface area contributed by atoms with Crippen molar-refractivity contribution in [2.45, 2.75) is 6.61 Å². The second-order valence-corrected chi connectivity index (χ2v) is 4.82. The number of nitrogens with zero attached hydrogens (tertiary/aromatic N) is 1. The summed E-state index contributed by atoms with van der Waals surface area (Å²) in [6, 6.07) is 4.42. The SMILES string of the molecule is Nc1cc(Br)c(F)cc1OCc1ccncc1Cl. The van der Waals surface area contributed by atoms with Gasteiger partial charge in [0.15, 0.2) is 0 Å². The van der Waals surface area contributed by atoms with Crippen molar-refractivity contribution in [3.63, 3.8) is 0 Å². The largest absolute Gasteiger partial charge is 0.487 e. The number of benzene rings is 1. The first-order valence-electron chi connectivity index (χ1n) is 5.03. The highest BCUT2D eigenvalue weighted by Crippen LogP contribution is 2.29. The summed E-state index contributed by atoms with van der Waals surface area (Å²) in [6.45, 7) is 0.201. The Kier molecular flexibility index (Phi) is 4.04. The Bertz CT molecular complexity index is 580. The zero-order valence-electron chi connectivity index (χ0n) is 9.16. The highest BCUT2D eigenvalue weighted by molar-refractivity contribution is 9.10. The predicted octanol–water partition coefficient (Wildman–Crippen LogP) is 3.80. The molecule has 0 saturated heterocycles. The third-order valence-electron chi connectivity index (χ3n) is 2.29. The molecule has 3 nitrogen and oxygen atoms in total. The molecule has 0 bridgehead atoms. The van der Waals surface area contributed by atoms with Crippen molar-refractivity contribution in [1.82, 2.24) is 4.98 Å². The van der Waals surface area contributed by atoms with E-state index in [9.17, 15) is 4.39 Å². The van der Waals surface area contributed by atoms with E-state index in [1.54, 1.807) is 12.3 Å². The molecule has 0 aliphatic heterocycles. The lowest BCUT2D eigenvalue weighted by molar-refractivity contribution is 0.306. The summed E-state index contributed by atoms with van der Waals surface area (Å²) in [6.07, 6.45) is 3.13. The van der Waals surface area contributed by atoms with Crippen LogP contribution in [0.2, 0.25) is 5.02 Å². The van der Waals surface area contributed by atoms with Gasteiger partial charge < -0.3 is 10.5 Å². The van der Waals surface area contributed by atoms with E-state index in [4.69, 9.17) is 22.1 Å². The number of ether oxygens (including phenoxy) is 1. The highest BCUT2D eigenvalue weighted by Gasteiger charge is 2.08. The molecule has 0 saturated carbocycles. The molecule has 2 N–H and O–H groups in total. The minimum atomic E-state index is -0.431. The zero-order valence-corrected chi connectivity index (χ0v) is 11.5. The molecule has 0 radical (unpaired) electrons. The second kappa shape index (κ2) is 5.54. The van der Waals surface area contributed by atoms with Gasteiger partial charge in [0.1, 0.15) is 18.2 Å². The molecule has 0 aliphatic rings. The number of rotatable bonds is 3. The van der Waals surface area contributed by atoms with Gasteiger partial charge in [0.2, 0.25) is 0 Å². The molecular formula is C12H9BrClFN2O. The van der Waals surface area contributed by atoms with Gasteiger partial charge in [-0.15, -0.1) is 0 Å². The first-order valence-corrected chi connectivity index (χ1v) is 6.20. The highest BCUT2D eigenvalue weighted by atomic mass is 79.9. The van der Waals surface area contributed by atoms with E-state index in [1.165, 1.54) is 18.3 Å². The topological polar surface area (TPSA) is 48.1 Å². The minimum absolute atomic E-state index is 0.201. The van der Waals surface area contributed by atoms with Crippen LogP contribution >= 0.6 is 27.5 Å². The maximum Gasteiger partial charge on any atom is 0.145 e. The van der Waals surface area contributed by atoms with Crippen LogP contribution in [-0.4, -0.2) is 4.98 Å². The molecule has 1 aromatic heterocycles. The molecule has 0 atom stereocenters. The van der Waals surface area contributed by atoms with Crippen LogP contribution in [0.15, 0.2) is 35.1 Å². The van der Waals surface area contributed by atoms with Crippen LogP contribution in [0, 0.1) is 5.82 Å². The lowest BCUT2D eigenvalue weighted by Crippen LogP contribution is -2.00. The summed E-state index contributed by atoms with van der Waals surface area (Å²) < 4.78 is 19.1. The van der Waals surface area contributed by atoms with Crippen LogP contribution in [-0.2, 0) is 6.61 Å². The number of pyridine rings is 1. The third kappa shape index (κ3) is 2.91. The molecule has 94 valence electrons. The molecule has 18 heavy (non-hydrogen) atoms. The number of halogens is 3. The van der Waals surface area contributed by atoms with Gasteiger partial charge in [-0.05, 0) is 28.1 Å². The lowest BCUT2D eigenvalue weighted by Gasteiger charge is -2.10. The summed E-state index contributed by atoms with van der Waals surface area (Å²) in [5, 5.41) is 0.494. The summed E-state index contributed by atoms with van der Waals surface area (Å²) in [5.74, 6) is -0.149. The summed E-state index contributed by atoms with van der Waals surface area (Å²) in [7, 11) is 0. The van der Waals surface area contributed by atoms with Gasteiger partial charge in [-0.3, -0.25) is 4.98 Å². The van der Waals surface area contributed by atoms with Gasteiger partial charge in [0, 0.05) is 24.0 Å². The summed E-state index contributed by atoms with van der Waals surface area (Å²) >= 11 is 8.98. The van der Waals surface area contributed by atoms with E-state index in [0.717, 1.165) is 5.56 Å².